The van der Waals surface area contributed by atoms with E-state index in [-0.39, 0.29) is 12.5 Å². The molecule has 0 aliphatic heterocycles. The predicted molar refractivity (Wildman–Crippen MR) is 84.4 cm³/mol. The number of amides is 4. The number of anilines is 1. The van der Waals surface area contributed by atoms with Crippen molar-refractivity contribution in [3.8, 4) is 0 Å². The first-order valence-corrected chi connectivity index (χ1v) is 6.89. The van der Waals surface area contributed by atoms with Gasteiger partial charge in [0.25, 0.3) is 0 Å². The lowest BCUT2D eigenvalue weighted by molar-refractivity contribution is -0.134. The first-order valence-electron chi connectivity index (χ1n) is 6.89. The van der Waals surface area contributed by atoms with Crippen LogP contribution in [0.25, 0.3) is 0 Å². The van der Waals surface area contributed by atoms with Crippen molar-refractivity contribution in [1.29, 1.82) is 0 Å². The number of primary amides is 1. The molecule has 7 nitrogen and oxygen atoms in total. The topological polar surface area (TPSA) is 105 Å². The normalized spacial score (nSPS) is 11.5. The van der Waals surface area contributed by atoms with Crippen LogP contribution in [-0.2, 0) is 9.59 Å². The second-order valence-corrected chi connectivity index (χ2v) is 5.22. The lowest BCUT2D eigenvalue weighted by atomic mass is 10.1. The van der Waals surface area contributed by atoms with Crippen LogP contribution in [0.3, 0.4) is 0 Å². The zero-order valence-electron chi connectivity index (χ0n) is 13.3. The summed E-state index contributed by atoms with van der Waals surface area (Å²) in [5, 5.41) is 5.05. The van der Waals surface area contributed by atoms with Crippen molar-refractivity contribution in [2.24, 2.45) is 5.73 Å². The molecule has 4 amide bonds. The van der Waals surface area contributed by atoms with E-state index >= 15 is 0 Å². The van der Waals surface area contributed by atoms with Gasteiger partial charge in [-0.05, 0) is 38.0 Å². The molecule has 1 rings (SSSR count). The molecule has 0 aliphatic rings. The first-order chi connectivity index (χ1) is 10.2. The molecule has 0 fully saturated rings. The molecule has 0 radical (unpaired) electrons. The van der Waals surface area contributed by atoms with Gasteiger partial charge in [0.05, 0.1) is 6.54 Å². The smallest absolute Gasteiger partial charge is 0.312 e. The highest BCUT2D eigenvalue weighted by Crippen LogP contribution is 2.17. The van der Waals surface area contributed by atoms with Crippen molar-refractivity contribution < 1.29 is 14.4 Å². The fraction of sp³-hybridized carbons (Fsp3) is 0.400. The molecular formula is C15H22N4O3. The number of nitrogens with one attached hydrogen (secondary N) is 2. The van der Waals surface area contributed by atoms with E-state index < -0.39 is 18.0 Å². The average molecular weight is 306 g/mol. The summed E-state index contributed by atoms with van der Waals surface area (Å²) in [6.45, 7) is 5.26. The van der Waals surface area contributed by atoms with Crippen LogP contribution < -0.4 is 16.4 Å². The maximum atomic E-state index is 12.0. The molecule has 4 N–H and O–H groups in total. The summed E-state index contributed by atoms with van der Waals surface area (Å²) in [7, 11) is 1.49. The number of rotatable bonds is 5. The Bertz CT molecular complexity index is 586. The Morgan fingerprint density at radius 3 is 2.50 bits per heavy atom. The Kier molecular flexibility index (Phi) is 5.91. The van der Waals surface area contributed by atoms with Crippen LogP contribution in [0.2, 0.25) is 0 Å². The van der Waals surface area contributed by atoms with Crippen LogP contribution >= 0.6 is 0 Å². The van der Waals surface area contributed by atoms with Gasteiger partial charge < -0.3 is 21.3 Å². The van der Waals surface area contributed by atoms with E-state index in [1.807, 2.05) is 26.0 Å². The van der Waals surface area contributed by atoms with Crippen LogP contribution in [0.5, 0.6) is 0 Å². The average Bonchev–Trinajstić information content (AvgIpc) is 2.42. The molecule has 1 unspecified atom stereocenters. The van der Waals surface area contributed by atoms with Gasteiger partial charge in [0.2, 0.25) is 11.8 Å². The summed E-state index contributed by atoms with van der Waals surface area (Å²) >= 11 is 0. The summed E-state index contributed by atoms with van der Waals surface area (Å²) in [5.74, 6) is -0.703. The number of benzene rings is 1. The monoisotopic (exact) mass is 306 g/mol. The zero-order valence-corrected chi connectivity index (χ0v) is 13.3. The molecule has 22 heavy (non-hydrogen) atoms. The van der Waals surface area contributed by atoms with Crippen molar-refractivity contribution in [2.75, 3.05) is 18.9 Å². The first kappa shape index (κ1) is 17.5. The number of carbonyl (C=O) groups is 3. The number of nitrogens with two attached hydrogens (primary N) is 1. The maximum Gasteiger partial charge on any atom is 0.312 e. The Balaban J connectivity index is 2.62. The minimum Gasteiger partial charge on any atom is -0.352 e. The highest BCUT2D eigenvalue weighted by atomic mass is 16.2. The molecular weight excluding hydrogens is 284 g/mol. The molecule has 120 valence electrons. The Hall–Kier alpha value is -2.57. The number of hydrogen-bond donors (Lipinski definition) is 3. The summed E-state index contributed by atoms with van der Waals surface area (Å²) in [5.41, 5.74) is 7.73. The highest BCUT2D eigenvalue weighted by molar-refractivity contribution is 5.96. The number of nitrogens with zero attached hydrogens (tertiary/aromatic N) is 1. The fourth-order valence-corrected chi connectivity index (χ4v) is 1.98. The van der Waals surface area contributed by atoms with Crippen LogP contribution in [0.1, 0.15) is 18.1 Å². The van der Waals surface area contributed by atoms with Gasteiger partial charge in [-0.3, -0.25) is 9.59 Å². The van der Waals surface area contributed by atoms with Crippen molar-refractivity contribution in [2.45, 2.75) is 26.8 Å². The summed E-state index contributed by atoms with van der Waals surface area (Å²) in [6.07, 6.45) is 0. The molecule has 0 heterocycles. The van der Waals surface area contributed by atoms with Gasteiger partial charge in [-0.15, -0.1) is 0 Å². The second kappa shape index (κ2) is 7.44. The number of carbonyl (C=O) groups excluding carboxylic acids is 3. The molecule has 0 saturated carbocycles. The third-order valence-corrected chi connectivity index (χ3v) is 3.36. The van der Waals surface area contributed by atoms with Gasteiger partial charge in [0.1, 0.15) is 6.04 Å². The minimum atomic E-state index is -0.783. The van der Waals surface area contributed by atoms with E-state index in [1.165, 1.54) is 18.9 Å². The van der Waals surface area contributed by atoms with Gasteiger partial charge in [-0.1, -0.05) is 12.1 Å². The highest BCUT2D eigenvalue weighted by Gasteiger charge is 2.20. The van der Waals surface area contributed by atoms with E-state index in [2.05, 4.69) is 10.6 Å². The van der Waals surface area contributed by atoms with Crippen molar-refractivity contribution in [3.63, 3.8) is 0 Å². The molecule has 1 atom stereocenters. The van der Waals surface area contributed by atoms with E-state index in [0.29, 0.717) is 5.69 Å². The quantitative estimate of drug-likeness (QED) is 0.748. The number of aryl methyl sites for hydroxylation is 1. The van der Waals surface area contributed by atoms with Crippen LogP contribution in [-0.4, -0.2) is 42.4 Å². The number of likely N-dealkylation sites (N-methyl/N-ethyl adjacent to an activating group) is 1. The van der Waals surface area contributed by atoms with Crippen molar-refractivity contribution in [1.82, 2.24) is 10.2 Å². The van der Waals surface area contributed by atoms with Crippen LogP contribution in [0, 0.1) is 13.8 Å². The maximum absolute atomic E-state index is 12.0. The van der Waals surface area contributed by atoms with Crippen LogP contribution in [0.4, 0.5) is 10.5 Å². The molecule has 1 aromatic carbocycles. The largest absolute Gasteiger partial charge is 0.352 e. The van der Waals surface area contributed by atoms with Gasteiger partial charge >= 0.3 is 6.03 Å². The van der Waals surface area contributed by atoms with Gasteiger partial charge in [-0.2, -0.15) is 0 Å². The SMILES string of the molecule is Cc1cccc(NC(=O)CN(C)C(=O)C(C)NC(N)=O)c1C. The Morgan fingerprint density at radius 2 is 1.91 bits per heavy atom. The van der Waals surface area contributed by atoms with E-state index in [4.69, 9.17) is 5.73 Å². The van der Waals surface area contributed by atoms with Gasteiger partial charge in [-0.25, -0.2) is 4.79 Å². The third kappa shape index (κ3) is 4.76. The van der Waals surface area contributed by atoms with Gasteiger partial charge in [0, 0.05) is 12.7 Å². The Labute approximate surface area is 129 Å². The Morgan fingerprint density at radius 1 is 1.27 bits per heavy atom. The van der Waals surface area contributed by atoms with Crippen molar-refractivity contribution >= 4 is 23.5 Å². The summed E-state index contributed by atoms with van der Waals surface area (Å²) < 4.78 is 0. The van der Waals surface area contributed by atoms with E-state index in [9.17, 15) is 14.4 Å². The molecule has 0 aliphatic carbocycles. The van der Waals surface area contributed by atoms with Crippen molar-refractivity contribution in [3.05, 3.63) is 29.3 Å². The van der Waals surface area contributed by atoms with Crippen LogP contribution in [0.15, 0.2) is 18.2 Å². The lowest BCUT2D eigenvalue weighted by Gasteiger charge is -2.21. The molecule has 0 spiro atoms. The van der Waals surface area contributed by atoms with E-state index in [1.54, 1.807) is 6.07 Å². The standard InChI is InChI=1S/C15H22N4O3/c1-9-6-5-7-12(10(9)2)18-13(20)8-19(4)14(21)11(3)17-15(16)22/h5-7,11H,8H2,1-4H3,(H,18,20)(H3,16,17,22). The lowest BCUT2D eigenvalue weighted by Crippen LogP contribution is -2.48. The summed E-state index contributed by atoms with van der Waals surface area (Å²) in [4.78, 5) is 35.9. The number of hydrogen-bond acceptors (Lipinski definition) is 3. The zero-order chi connectivity index (χ0) is 16.9. The second-order valence-electron chi connectivity index (χ2n) is 5.22. The molecule has 1 aromatic rings. The number of urea groups is 1. The molecule has 0 aromatic heterocycles. The third-order valence-electron chi connectivity index (χ3n) is 3.36. The fourth-order valence-electron chi connectivity index (χ4n) is 1.98. The van der Waals surface area contributed by atoms with E-state index in [0.717, 1.165) is 11.1 Å². The predicted octanol–water partition coefficient (Wildman–Crippen LogP) is 0.757. The van der Waals surface area contributed by atoms with Gasteiger partial charge in [0.15, 0.2) is 0 Å². The molecule has 0 bridgehead atoms. The molecule has 0 saturated heterocycles. The minimum absolute atomic E-state index is 0.114. The summed E-state index contributed by atoms with van der Waals surface area (Å²) in [6, 6.07) is 4.05. The molecule has 7 heteroatoms.